The Hall–Kier alpha value is -2.62. The van der Waals surface area contributed by atoms with Gasteiger partial charge in [0.2, 0.25) is 0 Å². The van der Waals surface area contributed by atoms with E-state index in [9.17, 15) is 18.5 Å². The lowest BCUT2D eigenvalue weighted by Crippen LogP contribution is -2.14. The molecule has 2 aromatic rings. The highest BCUT2D eigenvalue weighted by Crippen LogP contribution is 2.28. The van der Waals surface area contributed by atoms with E-state index in [1.54, 1.807) is 7.05 Å². The van der Waals surface area contributed by atoms with Gasteiger partial charge in [-0.25, -0.2) is 8.42 Å². The molecule has 0 aliphatic carbocycles. The summed E-state index contributed by atoms with van der Waals surface area (Å²) in [7, 11) is -2.50. The van der Waals surface area contributed by atoms with Crippen LogP contribution in [0.1, 0.15) is 0 Å². The summed E-state index contributed by atoms with van der Waals surface area (Å²) in [6.45, 7) is 0. The lowest BCUT2D eigenvalue weighted by Gasteiger charge is -2.08. The molecule has 3 N–H and O–H groups in total. The Morgan fingerprint density at radius 3 is 2.65 bits per heavy atom. The standard InChI is InChI=1S/C10H11N5O4S/c1-11-7-2-3-9(15(16)17)10(4-7)20(18,19)14-8-5-12-13-6-8/h2-6,11,14H,1H3,(H,12,13). The Bertz CT molecular complexity index is 726. The summed E-state index contributed by atoms with van der Waals surface area (Å²) in [5.74, 6) is 0. The van der Waals surface area contributed by atoms with Gasteiger partial charge < -0.3 is 5.32 Å². The van der Waals surface area contributed by atoms with Crippen molar-refractivity contribution >= 4 is 27.1 Å². The van der Waals surface area contributed by atoms with E-state index in [0.717, 1.165) is 6.07 Å². The minimum absolute atomic E-state index is 0.189. The molecule has 0 aliphatic rings. The first-order chi connectivity index (χ1) is 9.44. The van der Waals surface area contributed by atoms with Crippen molar-refractivity contribution in [1.82, 2.24) is 10.2 Å². The smallest absolute Gasteiger partial charge is 0.290 e. The second kappa shape index (κ2) is 5.17. The van der Waals surface area contributed by atoms with Crippen molar-refractivity contribution in [2.75, 3.05) is 17.1 Å². The summed E-state index contributed by atoms with van der Waals surface area (Å²) >= 11 is 0. The highest BCUT2D eigenvalue weighted by molar-refractivity contribution is 7.92. The molecule has 0 spiro atoms. The number of aromatic amines is 1. The largest absolute Gasteiger partial charge is 0.388 e. The maximum Gasteiger partial charge on any atom is 0.290 e. The van der Waals surface area contributed by atoms with Crippen LogP contribution in [0.15, 0.2) is 35.5 Å². The van der Waals surface area contributed by atoms with Gasteiger partial charge in [-0.2, -0.15) is 5.10 Å². The van der Waals surface area contributed by atoms with Crippen LogP contribution >= 0.6 is 0 Å². The number of hydrogen-bond acceptors (Lipinski definition) is 6. The minimum atomic E-state index is -4.08. The molecule has 2 rings (SSSR count). The lowest BCUT2D eigenvalue weighted by atomic mass is 10.3. The molecule has 0 saturated carbocycles. The fourth-order valence-electron chi connectivity index (χ4n) is 1.55. The van der Waals surface area contributed by atoms with Crippen molar-refractivity contribution < 1.29 is 13.3 Å². The zero-order valence-electron chi connectivity index (χ0n) is 10.3. The monoisotopic (exact) mass is 297 g/mol. The molecule has 1 heterocycles. The number of H-pyrrole nitrogens is 1. The number of sulfonamides is 1. The molecule has 1 aromatic heterocycles. The molecule has 0 bridgehead atoms. The van der Waals surface area contributed by atoms with Crippen LogP contribution in [0.5, 0.6) is 0 Å². The fraction of sp³-hybridized carbons (Fsp3) is 0.100. The summed E-state index contributed by atoms with van der Waals surface area (Å²) in [6, 6.07) is 3.76. The van der Waals surface area contributed by atoms with Gasteiger partial charge in [0.15, 0.2) is 4.90 Å². The summed E-state index contributed by atoms with van der Waals surface area (Å²) in [4.78, 5) is 9.78. The molecule has 106 valence electrons. The van der Waals surface area contributed by atoms with Crippen LogP contribution in [0.2, 0.25) is 0 Å². The van der Waals surface area contributed by atoms with Crippen LogP contribution in [0.4, 0.5) is 17.1 Å². The second-order valence-electron chi connectivity index (χ2n) is 3.78. The van der Waals surface area contributed by atoms with Crippen molar-refractivity contribution in [3.05, 3.63) is 40.7 Å². The van der Waals surface area contributed by atoms with Crippen LogP contribution in [0.3, 0.4) is 0 Å². The molecule has 0 atom stereocenters. The van der Waals surface area contributed by atoms with E-state index < -0.39 is 25.5 Å². The van der Waals surface area contributed by atoms with Crippen molar-refractivity contribution in [3.8, 4) is 0 Å². The summed E-state index contributed by atoms with van der Waals surface area (Å²) in [5, 5.41) is 19.7. The highest BCUT2D eigenvalue weighted by Gasteiger charge is 2.26. The number of benzene rings is 1. The number of nitro groups is 1. The molecule has 0 unspecified atom stereocenters. The molecule has 0 amide bonds. The topological polar surface area (TPSA) is 130 Å². The Morgan fingerprint density at radius 2 is 2.10 bits per heavy atom. The van der Waals surface area contributed by atoms with Crippen molar-refractivity contribution in [3.63, 3.8) is 0 Å². The highest BCUT2D eigenvalue weighted by atomic mass is 32.2. The van der Waals surface area contributed by atoms with Crippen molar-refractivity contribution in [2.24, 2.45) is 0 Å². The summed E-state index contributed by atoms with van der Waals surface area (Å²) < 4.78 is 26.6. The zero-order chi connectivity index (χ0) is 14.8. The van der Waals surface area contributed by atoms with Crippen LogP contribution in [0, 0.1) is 10.1 Å². The van der Waals surface area contributed by atoms with E-state index in [1.165, 1.54) is 24.5 Å². The first kappa shape index (κ1) is 13.8. The van der Waals surface area contributed by atoms with Gasteiger partial charge in [0.25, 0.3) is 15.7 Å². The van der Waals surface area contributed by atoms with Crippen molar-refractivity contribution in [1.29, 1.82) is 0 Å². The van der Waals surface area contributed by atoms with E-state index in [2.05, 4.69) is 20.2 Å². The zero-order valence-corrected chi connectivity index (χ0v) is 11.1. The van der Waals surface area contributed by atoms with Gasteiger partial charge in [0.05, 0.1) is 16.8 Å². The summed E-state index contributed by atoms with van der Waals surface area (Å²) in [5.41, 5.74) is 0.136. The van der Waals surface area contributed by atoms with E-state index in [4.69, 9.17) is 0 Å². The van der Waals surface area contributed by atoms with Crippen LogP contribution in [-0.4, -0.2) is 30.6 Å². The lowest BCUT2D eigenvalue weighted by molar-refractivity contribution is -0.387. The number of hydrogen-bond donors (Lipinski definition) is 3. The van der Waals surface area contributed by atoms with Crippen molar-refractivity contribution in [2.45, 2.75) is 4.90 Å². The van der Waals surface area contributed by atoms with Gasteiger partial charge in [-0.3, -0.25) is 19.9 Å². The van der Waals surface area contributed by atoms with Crippen LogP contribution in [-0.2, 0) is 10.0 Å². The van der Waals surface area contributed by atoms with E-state index >= 15 is 0 Å². The normalized spacial score (nSPS) is 11.1. The molecule has 0 radical (unpaired) electrons. The predicted molar refractivity (Wildman–Crippen MR) is 72.0 cm³/mol. The average molecular weight is 297 g/mol. The predicted octanol–water partition coefficient (Wildman–Crippen LogP) is 1.16. The van der Waals surface area contributed by atoms with E-state index in [-0.39, 0.29) is 5.69 Å². The molecule has 20 heavy (non-hydrogen) atoms. The molecule has 0 fully saturated rings. The van der Waals surface area contributed by atoms with Gasteiger partial charge in [-0.05, 0) is 12.1 Å². The van der Waals surface area contributed by atoms with Gasteiger partial charge >= 0.3 is 0 Å². The molecule has 9 nitrogen and oxygen atoms in total. The van der Waals surface area contributed by atoms with Crippen LogP contribution < -0.4 is 10.0 Å². The Balaban J connectivity index is 2.51. The molecule has 1 aromatic carbocycles. The molecule has 0 aliphatic heterocycles. The average Bonchev–Trinajstić information content (AvgIpc) is 2.90. The fourth-order valence-corrected chi connectivity index (χ4v) is 2.78. The van der Waals surface area contributed by atoms with Gasteiger partial charge in [0, 0.05) is 25.0 Å². The number of nitro benzene ring substituents is 1. The third kappa shape index (κ3) is 2.69. The molecular weight excluding hydrogens is 286 g/mol. The molecular formula is C10H11N5O4S. The first-order valence-corrected chi connectivity index (χ1v) is 6.90. The number of rotatable bonds is 5. The minimum Gasteiger partial charge on any atom is -0.388 e. The van der Waals surface area contributed by atoms with E-state index in [1.807, 2.05) is 0 Å². The first-order valence-electron chi connectivity index (χ1n) is 5.42. The second-order valence-corrected chi connectivity index (χ2v) is 5.43. The summed E-state index contributed by atoms with van der Waals surface area (Å²) in [6.07, 6.45) is 2.58. The maximum atomic E-state index is 12.2. The Kier molecular flexibility index (Phi) is 3.57. The number of nitrogens with zero attached hydrogens (tertiary/aromatic N) is 2. The van der Waals surface area contributed by atoms with Gasteiger partial charge in [0.1, 0.15) is 0 Å². The Morgan fingerprint density at radius 1 is 1.35 bits per heavy atom. The third-order valence-electron chi connectivity index (χ3n) is 2.49. The number of nitrogens with one attached hydrogen (secondary N) is 3. The third-order valence-corrected chi connectivity index (χ3v) is 3.90. The van der Waals surface area contributed by atoms with E-state index in [0.29, 0.717) is 5.69 Å². The maximum absolute atomic E-state index is 12.2. The van der Waals surface area contributed by atoms with Gasteiger partial charge in [-0.15, -0.1) is 0 Å². The van der Waals surface area contributed by atoms with Crippen LogP contribution in [0.25, 0.3) is 0 Å². The molecule has 10 heteroatoms. The van der Waals surface area contributed by atoms with Gasteiger partial charge in [-0.1, -0.05) is 0 Å². The quantitative estimate of drug-likeness (QED) is 0.560. The SMILES string of the molecule is CNc1ccc([N+](=O)[O-])c(S(=O)(=O)Nc2cn[nH]c2)c1. The number of anilines is 2. The number of aromatic nitrogens is 2. The molecule has 0 saturated heterocycles. The Labute approximate surface area is 114 Å².